The Balaban J connectivity index is 2.20. The smallest absolute Gasteiger partial charge is 0.338 e. The van der Waals surface area contributed by atoms with Crippen molar-refractivity contribution in [3.8, 4) is 5.75 Å². The highest BCUT2D eigenvalue weighted by atomic mass is 16.5. The predicted octanol–water partition coefficient (Wildman–Crippen LogP) is 2.25. The Bertz CT molecular complexity index is 428. The summed E-state index contributed by atoms with van der Waals surface area (Å²) in [6, 6.07) is 5.68. The van der Waals surface area contributed by atoms with Crippen molar-refractivity contribution >= 4 is 11.9 Å². The molecule has 1 amide bonds. The van der Waals surface area contributed by atoms with Crippen LogP contribution in [0.3, 0.4) is 0 Å². The van der Waals surface area contributed by atoms with E-state index in [9.17, 15) is 9.59 Å². The molecule has 0 heterocycles. The van der Waals surface area contributed by atoms with Crippen LogP contribution in [0.15, 0.2) is 24.3 Å². The maximum atomic E-state index is 11.6. The number of carbonyl (C=O) groups is 2. The third-order valence-electron chi connectivity index (χ3n) is 2.79. The van der Waals surface area contributed by atoms with Gasteiger partial charge in [-0.15, -0.1) is 0 Å². The molecule has 0 atom stereocenters. The van der Waals surface area contributed by atoms with Gasteiger partial charge in [0.15, 0.2) is 6.61 Å². The minimum atomic E-state index is -0.578. The van der Waals surface area contributed by atoms with Crippen molar-refractivity contribution in [3.05, 3.63) is 29.8 Å². The number of esters is 1. The summed E-state index contributed by atoms with van der Waals surface area (Å²) in [6.07, 6.45) is 4.33. The molecule has 2 N–H and O–H groups in total. The minimum absolute atomic E-state index is 0.0753. The first kappa shape index (κ1) is 16.0. The molecule has 0 fully saturated rings. The summed E-state index contributed by atoms with van der Waals surface area (Å²) in [5, 5.41) is 11.8. The van der Waals surface area contributed by atoms with E-state index >= 15 is 0 Å². The van der Waals surface area contributed by atoms with Crippen LogP contribution in [0.4, 0.5) is 0 Å². The van der Waals surface area contributed by atoms with Gasteiger partial charge in [0.05, 0.1) is 5.56 Å². The summed E-state index contributed by atoms with van der Waals surface area (Å²) >= 11 is 0. The van der Waals surface area contributed by atoms with Crippen LogP contribution in [0.2, 0.25) is 0 Å². The number of unbranched alkanes of at least 4 members (excludes halogenated alkanes) is 3. The Labute approximate surface area is 118 Å². The van der Waals surface area contributed by atoms with Gasteiger partial charge in [0, 0.05) is 6.54 Å². The van der Waals surface area contributed by atoms with E-state index < -0.39 is 5.97 Å². The number of ether oxygens (including phenoxy) is 1. The molecule has 1 rings (SSSR count). The number of aromatic hydroxyl groups is 1. The van der Waals surface area contributed by atoms with Crippen molar-refractivity contribution in [2.24, 2.45) is 0 Å². The van der Waals surface area contributed by atoms with Crippen LogP contribution in [0.1, 0.15) is 43.0 Å². The van der Waals surface area contributed by atoms with Crippen LogP contribution < -0.4 is 5.32 Å². The third kappa shape index (κ3) is 6.22. The van der Waals surface area contributed by atoms with Crippen LogP contribution in [-0.2, 0) is 9.53 Å². The largest absolute Gasteiger partial charge is 0.508 e. The maximum Gasteiger partial charge on any atom is 0.338 e. The van der Waals surface area contributed by atoms with Crippen LogP contribution in [0.5, 0.6) is 5.75 Å². The maximum absolute atomic E-state index is 11.6. The van der Waals surface area contributed by atoms with Gasteiger partial charge in [0.25, 0.3) is 5.91 Å². The van der Waals surface area contributed by atoms with Crippen molar-refractivity contribution < 1.29 is 19.4 Å². The topological polar surface area (TPSA) is 75.6 Å². The zero-order valence-corrected chi connectivity index (χ0v) is 11.7. The molecule has 5 nitrogen and oxygen atoms in total. The number of amides is 1. The summed E-state index contributed by atoms with van der Waals surface area (Å²) in [6.45, 7) is 2.45. The number of phenols is 1. The first-order chi connectivity index (χ1) is 9.63. The molecule has 0 aromatic heterocycles. The van der Waals surface area contributed by atoms with Gasteiger partial charge in [0.2, 0.25) is 0 Å². The lowest BCUT2D eigenvalue weighted by molar-refractivity contribution is -0.124. The fraction of sp³-hybridized carbons (Fsp3) is 0.467. The van der Waals surface area contributed by atoms with Gasteiger partial charge in [-0.1, -0.05) is 26.2 Å². The zero-order valence-electron chi connectivity index (χ0n) is 11.7. The van der Waals surface area contributed by atoms with Gasteiger partial charge in [-0.3, -0.25) is 4.79 Å². The first-order valence-electron chi connectivity index (χ1n) is 6.86. The first-order valence-corrected chi connectivity index (χ1v) is 6.86. The Kier molecular flexibility index (Phi) is 7.17. The fourth-order valence-electron chi connectivity index (χ4n) is 1.64. The SMILES string of the molecule is CCCCCCNC(=O)COC(=O)c1ccc(O)cc1. The molecule has 0 saturated heterocycles. The molecule has 5 heteroatoms. The molecule has 1 aromatic carbocycles. The van der Waals surface area contributed by atoms with E-state index in [1.54, 1.807) is 0 Å². The lowest BCUT2D eigenvalue weighted by Gasteiger charge is -2.06. The number of phenolic OH excluding ortho intramolecular Hbond substituents is 1. The highest BCUT2D eigenvalue weighted by Gasteiger charge is 2.09. The normalized spacial score (nSPS) is 10.1. The van der Waals surface area contributed by atoms with Crippen LogP contribution >= 0.6 is 0 Å². The standard InChI is InChI=1S/C15H21NO4/c1-2-3-4-5-10-16-14(18)11-20-15(19)12-6-8-13(17)9-7-12/h6-9,17H,2-5,10-11H2,1H3,(H,16,18). The van der Waals surface area contributed by atoms with Gasteiger partial charge < -0.3 is 15.2 Å². The monoisotopic (exact) mass is 279 g/mol. The number of nitrogens with one attached hydrogen (secondary N) is 1. The Morgan fingerprint density at radius 1 is 1.15 bits per heavy atom. The summed E-state index contributed by atoms with van der Waals surface area (Å²) in [5.41, 5.74) is 0.304. The summed E-state index contributed by atoms with van der Waals surface area (Å²) in [4.78, 5) is 23.0. The van der Waals surface area contributed by atoms with Gasteiger partial charge in [-0.05, 0) is 30.7 Å². The van der Waals surface area contributed by atoms with Crippen molar-refractivity contribution in [2.75, 3.05) is 13.2 Å². The number of hydrogen-bond donors (Lipinski definition) is 2. The lowest BCUT2D eigenvalue weighted by atomic mass is 10.2. The molecule has 0 spiro atoms. The van der Waals surface area contributed by atoms with Gasteiger partial charge in [-0.2, -0.15) is 0 Å². The molecule has 1 aromatic rings. The van der Waals surface area contributed by atoms with Gasteiger partial charge >= 0.3 is 5.97 Å². The minimum Gasteiger partial charge on any atom is -0.508 e. The Hall–Kier alpha value is -2.04. The molecular formula is C15H21NO4. The van der Waals surface area contributed by atoms with E-state index in [0.29, 0.717) is 12.1 Å². The fourth-order valence-corrected chi connectivity index (χ4v) is 1.64. The molecule has 0 aliphatic carbocycles. The van der Waals surface area contributed by atoms with E-state index in [1.165, 1.54) is 24.3 Å². The molecule has 20 heavy (non-hydrogen) atoms. The molecule has 0 bridgehead atoms. The van der Waals surface area contributed by atoms with Crippen LogP contribution in [0, 0.1) is 0 Å². The molecule has 0 aliphatic heterocycles. The molecule has 0 saturated carbocycles. The Morgan fingerprint density at radius 3 is 2.50 bits per heavy atom. The van der Waals surface area contributed by atoms with Gasteiger partial charge in [0.1, 0.15) is 5.75 Å². The average molecular weight is 279 g/mol. The Morgan fingerprint density at radius 2 is 1.85 bits per heavy atom. The highest BCUT2D eigenvalue weighted by molar-refractivity contribution is 5.91. The number of benzene rings is 1. The second-order valence-electron chi connectivity index (χ2n) is 4.53. The molecule has 0 radical (unpaired) electrons. The molecule has 0 unspecified atom stereocenters. The number of rotatable bonds is 8. The van der Waals surface area contributed by atoms with Crippen molar-refractivity contribution in [1.82, 2.24) is 5.32 Å². The number of hydrogen-bond acceptors (Lipinski definition) is 4. The number of carbonyl (C=O) groups excluding carboxylic acids is 2. The molecular weight excluding hydrogens is 258 g/mol. The zero-order chi connectivity index (χ0) is 14.8. The van der Waals surface area contributed by atoms with Crippen LogP contribution in [-0.4, -0.2) is 30.1 Å². The molecule has 110 valence electrons. The highest BCUT2D eigenvalue weighted by Crippen LogP contribution is 2.10. The van der Waals surface area contributed by atoms with E-state index in [2.05, 4.69) is 12.2 Å². The van der Waals surface area contributed by atoms with E-state index in [4.69, 9.17) is 9.84 Å². The van der Waals surface area contributed by atoms with E-state index in [0.717, 1.165) is 25.7 Å². The lowest BCUT2D eigenvalue weighted by Crippen LogP contribution is -2.29. The predicted molar refractivity (Wildman–Crippen MR) is 75.5 cm³/mol. The van der Waals surface area contributed by atoms with E-state index in [-0.39, 0.29) is 18.3 Å². The summed E-state index contributed by atoms with van der Waals surface area (Å²) in [7, 11) is 0. The van der Waals surface area contributed by atoms with Crippen molar-refractivity contribution in [3.63, 3.8) is 0 Å². The molecule has 0 aliphatic rings. The quantitative estimate of drug-likeness (QED) is 0.565. The van der Waals surface area contributed by atoms with E-state index in [1.807, 2.05) is 0 Å². The summed E-state index contributed by atoms with van der Waals surface area (Å²) < 4.78 is 4.88. The second kappa shape index (κ2) is 8.96. The average Bonchev–Trinajstić information content (AvgIpc) is 2.45. The summed E-state index contributed by atoms with van der Waals surface area (Å²) in [5.74, 6) is -0.800. The van der Waals surface area contributed by atoms with Gasteiger partial charge in [-0.25, -0.2) is 4.79 Å². The van der Waals surface area contributed by atoms with Crippen molar-refractivity contribution in [1.29, 1.82) is 0 Å². The second-order valence-corrected chi connectivity index (χ2v) is 4.53. The van der Waals surface area contributed by atoms with Crippen molar-refractivity contribution in [2.45, 2.75) is 32.6 Å². The third-order valence-corrected chi connectivity index (χ3v) is 2.79. The van der Waals surface area contributed by atoms with Crippen LogP contribution in [0.25, 0.3) is 0 Å².